The minimum absolute atomic E-state index is 0.0934. The lowest BCUT2D eigenvalue weighted by molar-refractivity contribution is 0.216. The number of hydrogen-bond acceptors (Lipinski definition) is 0. The Kier molecular flexibility index (Phi) is 6.47. The molecule has 0 aromatic heterocycles. The predicted molar refractivity (Wildman–Crippen MR) is 89.5 cm³/mol. The molecular formula is C20H26F4. The third kappa shape index (κ3) is 4.61. The van der Waals surface area contributed by atoms with Gasteiger partial charge >= 0.3 is 0 Å². The molecule has 0 heterocycles. The van der Waals surface area contributed by atoms with Crippen LogP contribution in [-0.4, -0.2) is 0 Å². The average Bonchev–Trinajstić information content (AvgIpc) is 2.52. The van der Waals surface area contributed by atoms with Gasteiger partial charge in [-0.15, -0.1) is 0 Å². The fourth-order valence-electron chi connectivity index (χ4n) is 3.71. The highest BCUT2D eigenvalue weighted by atomic mass is 19.2. The molecule has 24 heavy (non-hydrogen) atoms. The van der Waals surface area contributed by atoms with Crippen molar-refractivity contribution in [2.45, 2.75) is 59.3 Å². The molecule has 4 heteroatoms. The predicted octanol–water partition coefficient (Wildman–Crippen LogP) is 7.05. The van der Waals surface area contributed by atoms with Crippen LogP contribution in [0.3, 0.4) is 0 Å². The highest BCUT2D eigenvalue weighted by Crippen LogP contribution is 2.37. The smallest absolute Gasteiger partial charge is 0.194 e. The Morgan fingerprint density at radius 3 is 2.12 bits per heavy atom. The molecule has 1 unspecified atom stereocenters. The van der Waals surface area contributed by atoms with Crippen molar-refractivity contribution in [3.8, 4) is 0 Å². The van der Waals surface area contributed by atoms with Gasteiger partial charge in [-0.2, -0.15) is 0 Å². The average molecular weight is 342 g/mol. The number of rotatable bonds is 5. The Balaban J connectivity index is 2.06. The summed E-state index contributed by atoms with van der Waals surface area (Å²) in [6, 6.07) is 1.76. The van der Waals surface area contributed by atoms with E-state index in [9.17, 15) is 17.6 Å². The van der Waals surface area contributed by atoms with Crippen molar-refractivity contribution in [3.63, 3.8) is 0 Å². The maximum Gasteiger partial charge on any atom is 0.194 e. The van der Waals surface area contributed by atoms with Gasteiger partial charge in [-0.3, -0.25) is 0 Å². The first-order valence-electron chi connectivity index (χ1n) is 8.79. The minimum Gasteiger partial charge on any atom is -0.212 e. The molecule has 0 aliphatic heterocycles. The quantitative estimate of drug-likeness (QED) is 0.397. The van der Waals surface area contributed by atoms with Gasteiger partial charge in [0.2, 0.25) is 0 Å². The van der Waals surface area contributed by atoms with E-state index < -0.39 is 23.3 Å². The fourth-order valence-corrected chi connectivity index (χ4v) is 3.71. The normalized spacial score (nSPS) is 23.8. The number of hydrogen-bond donors (Lipinski definition) is 0. The molecule has 2 rings (SSSR count). The summed E-state index contributed by atoms with van der Waals surface area (Å²) < 4.78 is 53.9. The van der Waals surface area contributed by atoms with Crippen LogP contribution in [-0.2, 0) is 0 Å². The van der Waals surface area contributed by atoms with Crippen molar-refractivity contribution in [1.29, 1.82) is 0 Å². The lowest BCUT2D eigenvalue weighted by Crippen LogP contribution is -2.19. The molecule has 0 saturated heterocycles. The molecule has 0 spiro atoms. The molecule has 1 fully saturated rings. The van der Waals surface area contributed by atoms with Gasteiger partial charge in [0, 0.05) is 0 Å². The van der Waals surface area contributed by atoms with Crippen molar-refractivity contribution in [1.82, 2.24) is 0 Å². The summed E-state index contributed by atoms with van der Waals surface area (Å²) in [5.74, 6) is -2.70. The Morgan fingerprint density at radius 1 is 1.08 bits per heavy atom. The molecule has 134 valence electrons. The Hall–Kier alpha value is -1.32. The summed E-state index contributed by atoms with van der Waals surface area (Å²) in [6.07, 6.45) is 6.00. The summed E-state index contributed by atoms with van der Waals surface area (Å²) in [7, 11) is 0. The zero-order valence-corrected chi connectivity index (χ0v) is 14.6. The Morgan fingerprint density at radius 2 is 1.62 bits per heavy atom. The van der Waals surface area contributed by atoms with E-state index in [1.54, 1.807) is 0 Å². The second kappa shape index (κ2) is 8.17. The summed E-state index contributed by atoms with van der Waals surface area (Å²) in [5.41, 5.74) is 0.361. The molecule has 1 saturated carbocycles. The van der Waals surface area contributed by atoms with Gasteiger partial charge in [0.25, 0.3) is 0 Å². The van der Waals surface area contributed by atoms with E-state index >= 15 is 0 Å². The molecule has 1 aromatic carbocycles. The van der Waals surface area contributed by atoms with Crippen molar-refractivity contribution >= 4 is 5.57 Å². The van der Waals surface area contributed by atoms with Crippen LogP contribution in [0.25, 0.3) is 5.57 Å². The highest BCUT2D eigenvalue weighted by Gasteiger charge is 2.24. The fraction of sp³-hybridized carbons (Fsp3) is 0.600. The largest absolute Gasteiger partial charge is 0.212 e. The van der Waals surface area contributed by atoms with E-state index in [4.69, 9.17) is 0 Å². The topological polar surface area (TPSA) is 0 Å². The zero-order valence-electron chi connectivity index (χ0n) is 14.6. The molecule has 0 N–H and O–H groups in total. The van der Waals surface area contributed by atoms with Crippen LogP contribution in [0.2, 0.25) is 0 Å². The third-order valence-electron chi connectivity index (χ3n) is 5.46. The highest BCUT2D eigenvalue weighted by molar-refractivity contribution is 5.67. The standard InChI is InChI=1S/C20H26F4/c1-12-4-7-15(8-5-12)13(2)6-9-17(14(3)21)16-10-18(22)20(24)19(23)11-16/h10-13,15H,4-9H2,1-3H3/b17-14-. The van der Waals surface area contributed by atoms with E-state index in [0.29, 0.717) is 18.3 Å². The van der Waals surface area contributed by atoms with Gasteiger partial charge in [-0.1, -0.05) is 26.7 Å². The Labute approximate surface area is 142 Å². The summed E-state index contributed by atoms with van der Waals surface area (Å²) in [6.45, 7) is 5.71. The molecular weight excluding hydrogens is 316 g/mol. The van der Waals surface area contributed by atoms with Gasteiger partial charge < -0.3 is 0 Å². The second-order valence-corrected chi connectivity index (χ2v) is 7.30. The van der Waals surface area contributed by atoms with Crippen LogP contribution in [0.1, 0.15) is 64.9 Å². The molecule has 1 atom stereocenters. The number of halogens is 4. The molecule has 0 radical (unpaired) electrons. The lowest BCUT2D eigenvalue weighted by atomic mass is 9.75. The van der Waals surface area contributed by atoms with E-state index in [1.165, 1.54) is 32.6 Å². The first-order valence-corrected chi connectivity index (χ1v) is 8.79. The van der Waals surface area contributed by atoms with Gasteiger partial charge in [-0.05, 0) is 73.6 Å². The summed E-state index contributed by atoms with van der Waals surface area (Å²) >= 11 is 0. The SMILES string of the molecule is C/C(F)=C(\CCC(C)C1CCC(C)CC1)c1cc(F)c(F)c(F)c1. The Bertz CT molecular complexity index is 571. The maximum atomic E-state index is 13.9. The number of benzene rings is 1. The molecule has 0 nitrogen and oxygen atoms in total. The van der Waals surface area contributed by atoms with Gasteiger partial charge in [0.1, 0.15) is 5.83 Å². The molecule has 1 aliphatic rings. The van der Waals surface area contributed by atoms with Gasteiger partial charge in [-0.25, -0.2) is 17.6 Å². The first kappa shape index (κ1) is 19.0. The van der Waals surface area contributed by atoms with Crippen LogP contribution in [0.5, 0.6) is 0 Å². The van der Waals surface area contributed by atoms with Gasteiger partial charge in [0.05, 0.1) is 0 Å². The molecule has 1 aromatic rings. The number of allylic oxidation sites excluding steroid dienone is 2. The molecule has 1 aliphatic carbocycles. The zero-order chi connectivity index (χ0) is 17.9. The van der Waals surface area contributed by atoms with Crippen molar-refractivity contribution in [2.75, 3.05) is 0 Å². The lowest BCUT2D eigenvalue weighted by Gasteiger charge is -2.31. The van der Waals surface area contributed by atoms with Crippen molar-refractivity contribution in [3.05, 3.63) is 41.0 Å². The minimum atomic E-state index is -1.51. The van der Waals surface area contributed by atoms with E-state index in [0.717, 1.165) is 24.5 Å². The molecule has 0 amide bonds. The van der Waals surface area contributed by atoms with Crippen LogP contribution in [0, 0.1) is 35.2 Å². The van der Waals surface area contributed by atoms with Gasteiger partial charge in [0.15, 0.2) is 17.5 Å². The van der Waals surface area contributed by atoms with Crippen LogP contribution >= 0.6 is 0 Å². The van der Waals surface area contributed by atoms with E-state index in [1.807, 2.05) is 0 Å². The first-order chi connectivity index (χ1) is 11.3. The molecule has 0 bridgehead atoms. The van der Waals surface area contributed by atoms with Crippen LogP contribution < -0.4 is 0 Å². The third-order valence-corrected chi connectivity index (χ3v) is 5.46. The maximum absolute atomic E-state index is 13.9. The van der Waals surface area contributed by atoms with Crippen LogP contribution in [0.15, 0.2) is 18.0 Å². The van der Waals surface area contributed by atoms with E-state index in [-0.39, 0.29) is 11.1 Å². The van der Waals surface area contributed by atoms with E-state index in [2.05, 4.69) is 13.8 Å². The monoisotopic (exact) mass is 342 g/mol. The van der Waals surface area contributed by atoms with Crippen molar-refractivity contribution < 1.29 is 17.6 Å². The van der Waals surface area contributed by atoms with Crippen molar-refractivity contribution in [2.24, 2.45) is 17.8 Å². The second-order valence-electron chi connectivity index (χ2n) is 7.30. The van der Waals surface area contributed by atoms with Crippen LogP contribution in [0.4, 0.5) is 17.6 Å². The summed E-state index contributed by atoms with van der Waals surface area (Å²) in [5, 5.41) is 0. The summed E-state index contributed by atoms with van der Waals surface area (Å²) in [4.78, 5) is 0.